The van der Waals surface area contributed by atoms with Gasteiger partial charge in [0.15, 0.2) is 5.82 Å². The molecule has 0 aliphatic carbocycles. The number of anilines is 1. The fourth-order valence-corrected chi connectivity index (χ4v) is 3.05. The first kappa shape index (κ1) is 13.0. The Morgan fingerprint density at radius 1 is 1.15 bits per heavy atom. The fourth-order valence-electron chi connectivity index (χ4n) is 2.08. The standard InChI is InChI=1S/C15H14FN3S/c1-8-6-13(20-9(8)2)15-18-12-5-4-10(16)7-11(12)14(17-3)19-15/h4-7H,1-3H3,(H,17,18,19). The van der Waals surface area contributed by atoms with Gasteiger partial charge >= 0.3 is 0 Å². The molecule has 0 atom stereocenters. The van der Waals surface area contributed by atoms with Crippen molar-refractivity contribution >= 4 is 28.1 Å². The van der Waals surface area contributed by atoms with Crippen LogP contribution in [0.2, 0.25) is 0 Å². The molecule has 0 saturated carbocycles. The van der Waals surface area contributed by atoms with Crippen LogP contribution in [0.15, 0.2) is 24.3 Å². The number of aromatic nitrogens is 2. The van der Waals surface area contributed by atoms with Gasteiger partial charge in [-0.2, -0.15) is 0 Å². The maximum Gasteiger partial charge on any atom is 0.172 e. The zero-order valence-corrected chi connectivity index (χ0v) is 12.3. The number of fused-ring (bicyclic) bond motifs is 1. The topological polar surface area (TPSA) is 37.8 Å². The highest BCUT2D eigenvalue weighted by Crippen LogP contribution is 2.31. The van der Waals surface area contributed by atoms with E-state index in [0.717, 1.165) is 10.4 Å². The van der Waals surface area contributed by atoms with E-state index < -0.39 is 0 Å². The Morgan fingerprint density at radius 2 is 1.95 bits per heavy atom. The van der Waals surface area contributed by atoms with Crippen molar-refractivity contribution in [3.8, 4) is 10.7 Å². The molecule has 2 aromatic heterocycles. The summed E-state index contributed by atoms with van der Waals surface area (Å²) in [4.78, 5) is 11.3. The number of nitrogens with one attached hydrogen (secondary N) is 1. The molecule has 0 saturated heterocycles. The third-order valence-electron chi connectivity index (χ3n) is 3.28. The van der Waals surface area contributed by atoms with E-state index in [9.17, 15) is 4.39 Å². The van der Waals surface area contributed by atoms with Crippen LogP contribution >= 0.6 is 11.3 Å². The van der Waals surface area contributed by atoms with Crippen LogP contribution in [0.4, 0.5) is 10.2 Å². The molecular weight excluding hydrogens is 273 g/mol. The van der Waals surface area contributed by atoms with Crippen molar-refractivity contribution in [3.05, 3.63) is 40.5 Å². The molecule has 1 N–H and O–H groups in total. The second-order valence-electron chi connectivity index (χ2n) is 4.66. The van der Waals surface area contributed by atoms with E-state index in [0.29, 0.717) is 17.0 Å². The second-order valence-corrected chi connectivity index (χ2v) is 5.91. The van der Waals surface area contributed by atoms with E-state index in [1.165, 1.54) is 22.6 Å². The van der Waals surface area contributed by atoms with Crippen molar-refractivity contribution in [2.45, 2.75) is 13.8 Å². The lowest BCUT2D eigenvalue weighted by atomic mass is 10.2. The predicted octanol–water partition coefficient (Wildman–Crippen LogP) is 4.16. The van der Waals surface area contributed by atoms with Gasteiger partial charge in [-0.15, -0.1) is 11.3 Å². The first-order valence-electron chi connectivity index (χ1n) is 6.31. The average molecular weight is 287 g/mol. The van der Waals surface area contributed by atoms with Gasteiger partial charge in [-0.3, -0.25) is 0 Å². The van der Waals surface area contributed by atoms with E-state index in [1.807, 2.05) is 0 Å². The summed E-state index contributed by atoms with van der Waals surface area (Å²) in [7, 11) is 1.78. The summed E-state index contributed by atoms with van der Waals surface area (Å²) in [6.45, 7) is 4.16. The molecule has 0 unspecified atom stereocenters. The third kappa shape index (κ3) is 2.14. The molecule has 0 amide bonds. The molecule has 2 heterocycles. The van der Waals surface area contributed by atoms with Crippen LogP contribution in [0, 0.1) is 19.7 Å². The summed E-state index contributed by atoms with van der Waals surface area (Å²) < 4.78 is 13.4. The summed E-state index contributed by atoms with van der Waals surface area (Å²) in [6, 6.07) is 6.65. The summed E-state index contributed by atoms with van der Waals surface area (Å²) in [5.74, 6) is 1.04. The zero-order valence-electron chi connectivity index (χ0n) is 11.5. The zero-order chi connectivity index (χ0) is 14.3. The quantitative estimate of drug-likeness (QED) is 0.769. The minimum Gasteiger partial charge on any atom is -0.373 e. The van der Waals surface area contributed by atoms with E-state index >= 15 is 0 Å². The largest absolute Gasteiger partial charge is 0.373 e. The van der Waals surface area contributed by atoms with Gasteiger partial charge in [0.1, 0.15) is 11.6 Å². The molecule has 0 bridgehead atoms. The van der Waals surface area contributed by atoms with Gasteiger partial charge in [0.25, 0.3) is 0 Å². The highest BCUT2D eigenvalue weighted by molar-refractivity contribution is 7.15. The minimum absolute atomic E-state index is 0.284. The molecule has 3 nitrogen and oxygen atoms in total. The van der Waals surface area contributed by atoms with E-state index in [2.05, 4.69) is 35.2 Å². The van der Waals surface area contributed by atoms with E-state index in [1.54, 1.807) is 24.5 Å². The van der Waals surface area contributed by atoms with Crippen LogP contribution in [0.1, 0.15) is 10.4 Å². The van der Waals surface area contributed by atoms with Gasteiger partial charge in [-0.05, 0) is 43.7 Å². The van der Waals surface area contributed by atoms with Crippen LogP contribution in [-0.4, -0.2) is 17.0 Å². The lowest BCUT2D eigenvalue weighted by Crippen LogP contribution is -1.98. The molecule has 0 aliphatic rings. The Balaban J connectivity index is 2.25. The number of hydrogen-bond donors (Lipinski definition) is 1. The Kier molecular flexibility index (Phi) is 3.14. The second kappa shape index (κ2) is 4.83. The van der Waals surface area contributed by atoms with Crippen LogP contribution in [0.25, 0.3) is 21.6 Å². The van der Waals surface area contributed by atoms with Crippen molar-refractivity contribution in [2.75, 3.05) is 12.4 Å². The predicted molar refractivity (Wildman–Crippen MR) is 81.8 cm³/mol. The van der Waals surface area contributed by atoms with Crippen LogP contribution in [0.3, 0.4) is 0 Å². The van der Waals surface area contributed by atoms with Gasteiger partial charge in [-0.25, -0.2) is 14.4 Å². The molecule has 0 fully saturated rings. The first-order chi connectivity index (χ1) is 9.58. The normalized spacial score (nSPS) is 11.0. The van der Waals surface area contributed by atoms with Crippen molar-refractivity contribution in [2.24, 2.45) is 0 Å². The van der Waals surface area contributed by atoms with Gasteiger partial charge in [0.2, 0.25) is 0 Å². The Bertz CT molecular complexity index is 776. The molecule has 0 radical (unpaired) electrons. The van der Waals surface area contributed by atoms with Crippen molar-refractivity contribution in [3.63, 3.8) is 0 Å². The van der Waals surface area contributed by atoms with Crippen LogP contribution in [0.5, 0.6) is 0 Å². The number of nitrogens with zero attached hydrogens (tertiary/aromatic N) is 2. The summed E-state index contributed by atoms with van der Waals surface area (Å²) in [5.41, 5.74) is 1.98. The molecule has 3 aromatic rings. The molecule has 0 spiro atoms. The van der Waals surface area contributed by atoms with Crippen molar-refractivity contribution in [1.29, 1.82) is 0 Å². The SMILES string of the molecule is CNc1nc(-c2cc(C)c(C)s2)nc2ccc(F)cc12. The van der Waals surface area contributed by atoms with Crippen LogP contribution in [-0.2, 0) is 0 Å². The van der Waals surface area contributed by atoms with Gasteiger partial charge < -0.3 is 5.32 Å². The lowest BCUT2D eigenvalue weighted by molar-refractivity contribution is 0.629. The summed E-state index contributed by atoms with van der Waals surface area (Å²) >= 11 is 1.67. The Labute approximate surface area is 120 Å². The number of halogens is 1. The van der Waals surface area contributed by atoms with E-state index in [4.69, 9.17) is 0 Å². The summed E-state index contributed by atoms with van der Waals surface area (Å²) in [5, 5.41) is 3.71. The first-order valence-corrected chi connectivity index (χ1v) is 7.12. The molecular formula is C15H14FN3S. The molecule has 5 heteroatoms. The highest BCUT2D eigenvalue weighted by Gasteiger charge is 2.12. The lowest BCUT2D eigenvalue weighted by Gasteiger charge is -2.07. The maximum absolute atomic E-state index is 13.4. The molecule has 1 aromatic carbocycles. The Morgan fingerprint density at radius 3 is 2.60 bits per heavy atom. The van der Waals surface area contributed by atoms with Gasteiger partial charge in [-0.1, -0.05) is 0 Å². The van der Waals surface area contributed by atoms with Gasteiger partial charge in [0.05, 0.1) is 10.4 Å². The molecule has 20 heavy (non-hydrogen) atoms. The van der Waals surface area contributed by atoms with E-state index in [-0.39, 0.29) is 5.82 Å². The number of hydrogen-bond acceptors (Lipinski definition) is 4. The minimum atomic E-state index is -0.284. The fraction of sp³-hybridized carbons (Fsp3) is 0.200. The molecule has 0 aliphatic heterocycles. The van der Waals surface area contributed by atoms with Crippen LogP contribution < -0.4 is 5.32 Å². The Hall–Kier alpha value is -2.01. The van der Waals surface area contributed by atoms with Crippen molar-refractivity contribution < 1.29 is 4.39 Å². The monoisotopic (exact) mass is 287 g/mol. The van der Waals surface area contributed by atoms with Gasteiger partial charge in [0, 0.05) is 17.3 Å². The van der Waals surface area contributed by atoms with Crippen molar-refractivity contribution in [1.82, 2.24) is 9.97 Å². The number of rotatable bonds is 2. The summed E-state index contributed by atoms with van der Waals surface area (Å²) in [6.07, 6.45) is 0. The third-order valence-corrected chi connectivity index (χ3v) is 4.43. The maximum atomic E-state index is 13.4. The number of benzene rings is 1. The highest BCUT2D eigenvalue weighted by atomic mass is 32.1. The number of thiophene rings is 1. The molecule has 102 valence electrons. The molecule has 3 rings (SSSR count). The number of aryl methyl sites for hydroxylation is 2. The average Bonchev–Trinajstić information content (AvgIpc) is 2.77. The smallest absolute Gasteiger partial charge is 0.172 e.